The van der Waals surface area contributed by atoms with Gasteiger partial charge in [-0.1, -0.05) is 17.7 Å². The van der Waals surface area contributed by atoms with Gasteiger partial charge >= 0.3 is 5.97 Å². The molecule has 0 radical (unpaired) electrons. The molecule has 1 heterocycles. The molecular weight excluding hydrogens is 288 g/mol. The number of carbonyl (C=O) groups excluding carboxylic acids is 1. The number of rotatable bonds is 5. The van der Waals surface area contributed by atoms with E-state index >= 15 is 0 Å². The van der Waals surface area contributed by atoms with Crippen molar-refractivity contribution in [1.29, 1.82) is 0 Å². The topological polar surface area (TPSA) is 41.6 Å². The van der Waals surface area contributed by atoms with Crippen LogP contribution in [0.5, 0.6) is 0 Å². The van der Waals surface area contributed by atoms with Gasteiger partial charge in [0.25, 0.3) is 0 Å². The van der Waals surface area contributed by atoms with Gasteiger partial charge in [0.05, 0.1) is 6.61 Å². The highest BCUT2D eigenvalue weighted by Gasteiger charge is 2.49. The summed E-state index contributed by atoms with van der Waals surface area (Å²) in [6.45, 7) is 3.90. The van der Waals surface area contributed by atoms with E-state index in [4.69, 9.17) is 16.3 Å². The molecular formula is C16H21ClN2O2. The summed E-state index contributed by atoms with van der Waals surface area (Å²) in [6.07, 6.45) is 3.26. The number of carbonyl (C=O) groups is 1. The molecule has 1 saturated heterocycles. The summed E-state index contributed by atoms with van der Waals surface area (Å²) in [5, 5.41) is 4.05. The maximum Gasteiger partial charge on any atom is 0.333 e. The molecule has 2 fully saturated rings. The van der Waals surface area contributed by atoms with E-state index in [1.54, 1.807) is 0 Å². The number of hydrogen-bond acceptors (Lipinski definition) is 4. The normalized spacial score (nSPS) is 25.8. The first-order valence-corrected chi connectivity index (χ1v) is 7.96. The number of ether oxygens (including phenoxy) is 1. The SMILES string of the molecule is CCOC(=O)C1(Nc2cccc(Cl)c2)CCN(C2CC2)C1. The summed E-state index contributed by atoms with van der Waals surface area (Å²) < 4.78 is 5.32. The zero-order valence-electron chi connectivity index (χ0n) is 12.3. The third-order valence-electron chi connectivity index (χ3n) is 4.24. The number of nitrogens with one attached hydrogen (secondary N) is 1. The summed E-state index contributed by atoms with van der Waals surface area (Å²) in [5.74, 6) is -0.159. The minimum atomic E-state index is -0.650. The van der Waals surface area contributed by atoms with Crippen LogP contribution in [0.4, 0.5) is 5.69 Å². The number of benzene rings is 1. The smallest absolute Gasteiger partial charge is 0.333 e. The molecule has 1 aromatic rings. The lowest BCUT2D eigenvalue weighted by Gasteiger charge is -2.29. The van der Waals surface area contributed by atoms with E-state index in [1.165, 1.54) is 12.8 Å². The lowest BCUT2D eigenvalue weighted by atomic mass is 9.98. The van der Waals surface area contributed by atoms with Gasteiger partial charge in [0.1, 0.15) is 5.54 Å². The first-order valence-electron chi connectivity index (χ1n) is 7.58. The van der Waals surface area contributed by atoms with Gasteiger partial charge in [0.2, 0.25) is 0 Å². The Morgan fingerprint density at radius 2 is 2.33 bits per heavy atom. The Balaban J connectivity index is 1.80. The van der Waals surface area contributed by atoms with Crippen LogP contribution in [-0.2, 0) is 9.53 Å². The van der Waals surface area contributed by atoms with E-state index in [0.29, 0.717) is 24.2 Å². The summed E-state index contributed by atoms with van der Waals surface area (Å²) in [7, 11) is 0. The highest BCUT2D eigenvalue weighted by molar-refractivity contribution is 6.30. The molecule has 4 nitrogen and oxygen atoms in total. The Morgan fingerprint density at radius 1 is 1.52 bits per heavy atom. The van der Waals surface area contributed by atoms with Crippen molar-refractivity contribution in [1.82, 2.24) is 4.90 Å². The molecule has 0 bridgehead atoms. The summed E-state index contributed by atoms with van der Waals surface area (Å²) in [6, 6.07) is 8.16. The van der Waals surface area contributed by atoms with Gasteiger partial charge in [-0.2, -0.15) is 0 Å². The quantitative estimate of drug-likeness (QED) is 0.849. The molecule has 21 heavy (non-hydrogen) atoms. The van der Waals surface area contributed by atoms with E-state index < -0.39 is 5.54 Å². The first kappa shape index (κ1) is 14.7. The number of halogens is 1. The molecule has 1 aromatic carbocycles. The summed E-state index contributed by atoms with van der Waals surface area (Å²) in [4.78, 5) is 14.9. The van der Waals surface area contributed by atoms with Gasteiger partial charge in [-0.05, 0) is 44.4 Å². The summed E-state index contributed by atoms with van der Waals surface area (Å²) in [5.41, 5.74) is 0.219. The molecule has 1 unspecified atom stereocenters. The lowest BCUT2D eigenvalue weighted by Crippen LogP contribution is -2.50. The van der Waals surface area contributed by atoms with Crippen LogP contribution in [0, 0.1) is 0 Å². The van der Waals surface area contributed by atoms with Gasteiger partial charge in [-0.15, -0.1) is 0 Å². The average Bonchev–Trinajstić information content (AvgIpc) is 3.21. The van der Waals surface area contributed by atoms with Crippen LogP contribution in [0.1, 0.15) is 26.2 Å². The Kier molecular flexibility index (Phi) is 4.09. The molecule has 0 amide bonds. The van der Waals surface area contributed by atoms with Crippen LogP contribution in [0.25, 0.3) is 0 Å². The lowest BCUT2D eigenvalue weighted by molar-refractivity contribution is -0.148. The molecule has 1 N–H and O–H groups in total. The minimum Gasteiger partial charge on any atom is -0.464 e. The highest BCUT2D eigenvalue weighted by Crippen LogP contribution is 2.36. The van der Waals surface area contributed by atoms with Crippen molar-refractivity contribution in [2.24, 2.45) is 0 Å². The Hall–Kier alpha value is -1.26. The predicted octanol–water partition coefficient (Wildman–Crippen LogP) is 2.92. The molecule has 1 saturated carbocycles. The van der Waals surface area contributed by atoms with Crippen molar-refractivity contribution in [2.45, 2.75) is 37.8 Å². The van der Waals surface area contributed by atoms with E-state index in [1.807, 2.05) is 31.2 Å². The van der Waals surface area contributed by atoms with Crippen molar-refractivity contribution < 1.29 is 9.53 Å². The van der Waals surface area contributed by atoms with Crippen LogP contribution in [0.3, 0.4) is 0 Å². The van der Waals surface area contributed by atoms with E-state index in [0.717, 1.165) is 18.7 Å². The number of esters is 1. The van der Waals surface area contributed by atoms with Crippen LogP contribution in [0.15, 0.2) is 24.3 Å². The summed E-state index contributed by atoms with van der Waals surface area (Å²) >= 11 is 6.04. The predicted molar refractivity (Wildman–Crippen MR) is 83.7 cm³/mol. The fraction of sp³-hybridized carbons (Fsp3) is 0.562. The number of hydrogen-bond donors (Lipinski definition) is 1. The molecule has 1 aliphatic carbocycles. The zero-order valence-corrected chi connectivity index (χ0v) is 13.0. The van der Waals surface area contributed by atoms with Crippen molar-refractivity contribution in [3.8, 4) is 0 Å². The largest absolute Gasteiger partial charge is 0.464 e. The van der Waals surface area contributed by atoms with Gasteiger partial charge in [0.15, 0.2) is 0 Å². The zero-order chi connectivity index (χ0) is 14.9. The van der Waals surface area contributed by atoms with Crippen LogP contribution < -0.4 is 5.32 Å². The molecule has 114 valence electrons. The van der Waals surface area contributed by atoms with E-state index in [-0.39, 0.29) is 5.97 Å². The van der Waals surface area contributed by atoms with Gasteiger partial charge in [-0.3, -0.25) is 4.90 Å². The molecule has 3 rings (SSSR count). The highest BCUT2D eigenvalue weighted by atomic mass is 35.5. The van der Waals surface area contributed by atoms with Crippen LogP contribution >= 0.6 is 11.6 Å². The molecule has 5 heteroatoms. The third-order valence-corrected chi connectivity index (χ3v) is 4.47. The Bertz CT molecular complexity index is 533. The van der Waals surface area contributed by atoms with Crippen molar-refractivity contribution >= 4 is 23.3 Å². The second kappa shape index (κ2) is 5.85. The average molecular weight is 309 g/mol. The van der Waals surface area contributed by atoms with Gasteiger partial charge in [0, 0.05) is 29.8 Å². The molecule has 1 atom stereocenters. The second-order valence-corrected chi connectivity index (χ2v) is 6.33. The molecule has 0 spiro atoms. The van der Waals surface area contributed by atoms with E-state index in [9.17, 15) is 4.79 Å². The van der Waals surface area contributed by atoms with Crippen LogP contribution in [-0.4, -0.2) is 42.1 Å². The maximum atomic E-state index is 12.5. The monoisotopic (exact) mass is 308 g/mol. The van der Waals surface area contributed by atoms with E-state index in [2.05, 4.69) is 10.2 Å². The third kappa shape index (κ3) is 3.16. The molecule has 2 aliphatic rings. The van der Waals surface area contributed by atoms with Crippen LogP contribution in [0.2, 0.25) is 5.02 Å². The fourth-order valence-electron chi connectivity index (χ4n) is 3.02. The first-order chi connectivity index (χ1) is 10.1. The second-order valence-electron chi connectivity index (χ2n) is 5.89. The van der Waals surface area contributed by atoms with Gasteiger partial charge < -0.3 is 10.1 Å². The molecule has 1 aliphatic heterocycles. The Morgan fingerprint density at radius 3 is 3.00 bits per heavy atom. The number of anilines is 1. The van der Waals surface area contributed by atoms with Gasteiger partial charge in [-0.25, -0.2) is 4.79 Å². The van der Waals surface area contributed by atoms with Crippen molar-refractivity contribution in [3.05, 3.63) is 29.3 Å². The maximum absolute atomic E-state index is 12.5. The standard InChI is InChI=1S/C16H21ClN2O2/c1-2-21-15(20)16(8-9-19(11-16)14-6-7-14)18-13-5-3-4-12(17)10-13/h3-5,10,14,18H,2,6-9,11H2,1H3. The number of nitrogens with zero attached hydrogens (tertiary/aromatic N) is 1. The Labute approximate surface area is 130 Å². The van der Waals surface area contributed by atoms with Crippen molar-refractivity contribution in [3.63, 3.8) is 0 Å². The minimum absolute atomic E-state index is 0.159. The molecule has 0 aromatic heterocycles. The van der Waals surface area contributed by atoms with Crippen molar-refractivity contribution in [2.75, 3.05) is 25.0 Å². The fourth-order valence-corrected chi connectivity index (χ4v) is 3.21. The number of likely N-dealkylation sites (tertiary alicyclic amines) is 1.